The number of non-ortho nitro benzene ring substituents is 1. The second-order valence-corrected chi connectivity index (χ2v) is 8.04. The van der Waals surface area contributed by atoms with Crippen LogP contribution in [-0.2, 0) is 11.3 Å². The zero-order valence-corrected chi connectivity index (χ0v) is 17.6. The van der Waals surface area contributed by atoms with E-state index in [1.54, 1.807) is 18.3 Å². The Balaban J connectivity index is 1.61. The molecule has 4 rings (SSSR count). The molecule has 0 aliphatic carbocycles. The Morgan fingerprint density at radius 3 is 2.65 bits per heavy atom. The molecule has 9 heteroatoms. The van der Waals surface area contributed by atoms with Crippen molar-refractivity contribution in [2.45, 2.75) is 20.4 Å². The van der Waals surface area contributed by atoms with E-state index >= 15 is 0 Å². The molecule has 0 radical (unpaired) electrons. The molecular formula is C22H18N4O4S. The van der Waals surface area contributed by atoms with Gasteiger partial charge in [-0.05, 0) is 61.0 Å². The molecule has 156 valence electrons. The van der Waals surface area contributed by atoms with Crippen molar-refractivity contribution in [3.8, 4) is 5.82 Å². The van der Waals surface area contributed by atoms with Crippen molar-refractivity contribution in [1.29, 1.82) is 0 Å². The van der Waals surface area contributed by atoms with Gasteiger partial charge >= 0.3 is 0 Å². The normalized spacial score (nSPS) is 15.2. The number of amides is 2. The number of carbonyl (C=O) groups excluding carboxylic acids is 2. The van der Waals surface area contributed by atoms with E-state index in [0.717, 1.165) is 39.4 Å². The lowest BCUT2D eigenvalue weighted by Gasteiger charge is -2.12. The van der Waals surface area contributed by atoms with Crippen molar-refractivity contribution in [1.82, 2.24) is 14.5 Å². The molecule has 1 aromatic carbocycles. The Morgan fingerprint density at radius 2 is 1.94 bits per heavy atom. The maximum atomic E-state index is 12.9. The summed E-state index contributed by atoms with van der Waals surface area (Å²) in [6.45, 7) is 3.87. The molecule has 1 aliphatic rings. The van der Waals surface area contributed by atoms with Gasteiger partial charge in [-0.25, -0.2) is 4.98 Å². The van der Waals surface area contributed by atoms with Gasteiger partial charge in [-0.15, -0.1) is 0 Å². The Morgan fingerprint density at radius 1 is 1.13 bits per heavy atom. The summed E-state index contributed by atoms with van der Waals surface area (Å²) in [6, 6.07) is 13.5. The second-order valence-electron chi connectivity index (χ2n) is 7.04. The highest BCUT2D eigenvalue weighted by molar-refractivity contribution is 8.18. The molecule has 1 fully saturated rings. The van der Waals surface area contributed by atoms with E-state index in [1.807, 2.05) is 42.7 Å². The first kappa shape index (κ1) is 20.5. The van der Waals surface area contributed by atoms with Crippen molar-refractivity contribution < 1.29 is 14.5 Å². The lowest BCUT2D eigenvalue weighted by atomic mass is 10.2. The molecule has 2 aromatic heterocycles. The Labute approximate surface area is 182 Å². The van der Waals surface area contributed by atoms with Crippen molar-refractivity contribution in [2.75, 3.05) is 0 Å². The predicted molar refractivity (Wildman–Crippen MR) is 118 cm³/mol. The fourth-order valence-electron chi connectivity index (χ4n) is 3.50. The summed E-state index contributed by atoms with van der Waals surface area (Å²) in [6.07, 6.45) is 3.42. The molecule has 0 saturated carbocycles. The number of pyridine rings is 1. The van der Waals surface area contributed by atoms with Gasteiger partial charge in [-0.3, -0.25) is 24.6 Å². The van der Waals surface area contributed by atoms with E-state index in [2.05, 4.69) is 4.98 Å². The van der Waals surface area contributed by atoms with Gasteiger partial charge in [0, 0.05) is 29.7 Å². The van der Waals surface area contributed by atoms with Gasteiger partial charge < -0.3 is 4.57 Å². The van der Waals surface area contributed by atoms with Crippen LogP contribution in [0.25, 0.3) is 11.9 Å². The van der Waals surface area contributed by atoms with Crippen LogP contribution in [0, 0.1) is 24.0 Å². The van der Waals surface area contributed by atoms with E-state index in [0.29, 0.717) is 10.5 Å². The number of nitrogens with zero attached hydrogens (tertiary/aromatic N) is 4. The van der Waals surface area contributed by atoms with Gasteiger partial charge in [0.05, 0.1) is 16.4 Å². The number of rotatable bonds is 5. The van der Waals surface area contributed by atoms with E-state index in [4.69, 9.17) is 0 Å². The van der Waals surface area contributed by atoms with Crippen LogP contribution in [0.2, 0.25) is 0 Å². The molecule has 0 N–H and O–H groups in total. The highest BCUT2D eigenvalue weighted by Gasteiger charge is 2.35. The molecule has 0 spiro atoms. The minimum Gasteiger partial charge on any atom is -0.303 e. The van der Waals surface area contributed by atoms with E-state index in [9.17, 15) is 19.7 Å². The zero-order chi connectivity index (χ0) is 22.1. The first-order valence-corrected chi connectivity index (χ1v) is 10.3. The summed E-state index contributed by atoms with van der Waals surface area (Å²) in [5.74, 6) is 0.361. The van der Waals surface area contributed by atoms with Gasteiger partial charge in [-0.2, -0.15) is 0 Å². The van der Waals surface area contributed by atoms with Gasteiger partial charge in [0.15, 0.2) is 0 Å². The van der Waals surface area contributed by atoms with Crippen LogP contribution in [-0.4, -0.2) is 30.5 Å². The third-order valence-corrected chi connectivity index (χ3v) is 5.88. The van der Waals surface area contributed by atoms with Gasteiger partial charge in [0.2, 0.25) is 0 Å². The van der Waals surface area contributed by atoms with Crippen LogP contribution in [0.15, 0.2) is 59.6 Å². The molecule has 31 heavy (non-hydrogen) atoms. The molecule has 1 saturated heterocycles. The first-order valence-electron chi connectivity index (χ1n) is 9.44. The monoisotopic (exact) mass is 434 g/mol. The summed E-state index contributed by atoms with van der Waals surface area (Å²) in [5, 5.41) is 10.6. The lowest BCUT2D eigenvalue weighted by molar-refractivity contribution is -0.384. The van der Waals surface area contributed by atoms with E-state index < -0.39 is 16.1 Å². The lowest BCUT2D eigenvalue weighted by Crippen LogP contribution is -2.27. The third-order valence-electron chi connectivity index (χ3n) is 4.97. The second kappa shape index (κ2) is 8.19. The molecule has 8 nitrogen and oxygen atoms in total. The van der Waals surface area contributed by atoms with Crippen molar-refractivity contribution in [2.24, 2.45) is 0 Å². The number of nitro groups is 1. The van der Waals surface area contributed by atoms with Crippen LogP contribution in [0.3, 0.4) is 0 Å². The SMILES string of the molecule is Cc1cc(/C=C2\SC(=O)N(Cc3cccc([N+](=O)[O-])c3)C2=O)c(C)n1-c1ccccn1. The topological polar surface area (TPSA) is 98.3 Å². The van der Waals surface area contributed by atoms with Crippen LogP contribution in [0.4, 0.5) is 10.5 Å². The molecule has 3 aromatic rings. The van der Waals surface area contributed by atoms with Crippen molar-refractivity contribution >= 4 is 34.7 Å². The highest BCUT2D eigenvalue weighted by atomic mass is 32.2. The molecular weight excluding hydrogens is 416 g/mol. The summed E-state index contributed by atoms with van der Waals surface area (Å²) in [5.41, 5.74) is 3.12. The van der Waals surface area contributed by atoms with Gasteiger partial charge in [0.1, 0.15) is 5.82 Å². The smallest absolute Gasteiger partial charge is 0.293 e. The fraction of sp³-hybridized carbons (Fsp3) is 0.136. The van der Waals surface area contributed by atoms with Crippen LogP contribution in [0.1, 0.15) is 22.5 Å². The van der Waals surface area contributed by atoms with Crippen LogP contribution >= 0.6 is 11.8 Å². The van der Waals surface area contributed by atoms with Crippen LogP contribution in [0.5, 0.6) is 0 Å². The number of carbonyl (C=O) groups is 2. The average molecular weight is 434 g/mol. The number of aromatic nitrogens is 2. The van der Waals surface area contributed by atoms with Crippen LogP contribution < -0.4 is 0 Å². The maximum absolute atomic E-state index is 12.9. The van der Waals surface area contributed by atoms with E-state index in [-0.39, 0.29) is 12.2 Å². The highest BCUT2D eigenvalue weighted by Crippen LogP contribution is 2.34. The maximum Gasteiger partial charge on any atom is 0.293 e. The van der Waals surface area contributed by atoms with Crippen molar-refractivity contribution in [3.63, 3.8) is 0 Å². The molecule has 3 heterocycles. The summed E-state index contributed by atoms with van der Waals surface area (Å²) >= 11 is 0.866. The number of hydrogen-bond acceptors (Lipinski definition) is 6. The number of hydrogen-bond donors (Lipinski definition) is 0. The Bertz CT molecular complexity index is 1230. The summed E-state index contributed by atoms with van der Waals surface area (Å²) in [7, 11) is 0. The van der Waals surface area contributed by atoms with Gasteiger partial charge in [-0.1, -0.05) is 18.2 Å². The number of nitro benzene ring substituents is 1. The average Bonchev–Trinajstić information content (AvgIpc) is 3.18. The quantitative estimate of drug-likeness (QED) is 0.330. The minimum atomic E-state index is -0.505. The molecule has 2 amide bonds. The molecule has 0 unspecified atom stereocenters. The van der Waals surface area contributed by atoms with Gasteiger partial charge in [0.25, 0.3) is 16.8 Å². The number of aryl methyl sites for hydroxylation is 1. The van der Waals surface area contributed by atoms with E-state index in [1.165, 1.54) is 18.2 Å². The standard InChI is InChI=1S/C22H18N4O4S/c1-14-10-17(15(2)25(14)20-8-3-4-9-23-20)12-19-21(27)24(22(28)31-19)13-16-6-5-7-18(11-16)26(29)30/h3-12H,13H2,1-2H3/b19-12-. The predicted octanol–water partition coefficient (Wildman–Crippen LogP) is 4.63. The minimum absolute atomic E-state index is 0.0172. The summed E-state index contributed by atoms with van der Waals surface area (Å²) in [4.78, 5) is 41.6. The fourth-order valence-corrected chi connectivity index (χ4v) is 4.33. The number of benzene rings is 1. The molecule has 0 bridgehead atoms. The zero-order valence-electron chi connectivity index (χ0n) is 16.8. The van der Waals surface area contributed by atoms with Crippen molar-refractivity contribution in [3.05, 3.63) is 92.3 Å². The molecule has 1 aliphatic heterocycles. The summed E-state index contributed by atoms with van der Waals surface area (Å²) < 4.78 is 1.99. The molecule has 0 atom stereocenters. The Hall–Kier alpha value is -3.72. The number of imide groups is 1. The Kier molecular flexibility index (Phi) is 5.43. The largest absolute Gasteiger partial charge is 0.303 e. The first-order chi connectivity index (χ1) is 14.8. The number of thioether (sulfide) groups is 1. The third kappa shape index (κ3) is 3.99.